The molecule has 168 valence electrons. The zero-order valence-electron chi connectivity index (χ0n) is 18.0. The van der Waals surface area contributed by atoms with E-state index in [2.05, 4.69) is 21.9 Å². The summed E-state index contributed by atoms with van der Waals surface area (Å²) in [4.78, 5) is 26.3. The fourth-order valence-corrected chi connectivity index (χ4v) is 4.61. The van der Waals surface area contributed by atoms with Crippen LogP contribution in [-0.4, -0.2) is 51.8 Å². The Bertz CT molecular complexity index is 802. The summed E-state index contributed by atoms with van der Waals surface area (Å²) < 4.78 is 30.9. The van der Waals surface area contributed by atoms with Crippen molar-refractivity contribution in [3.05, 3.63) is 24.3 Å². The Labute approximate surface area is 179 Å². The molecule has 0 radical (unpaired) electrons. The first-order valence-corrected chi connectivity index (χ1v) is 12.2. The Balaban J connectivity index is 1.76. The number of piperidine rings is 1. The molecule has 1 aromatic rings. The Kier molecular flexibility index (Phi) is 9.10. The second-order valence-corrected chi connectivity index (χ2v) is 9.76. The van der Waals surface area contributed by atoms with Crippen LogP contribution in [-0.2, 0) is 24.3 Å². The van der Waals surface area contributed by atoms with Crippen molar-refractivity contribution in [2.45, 2.75) is 52.5 Å². The molecule has 1 aromatic carbocycles. The van der Waals surface area contributed by atoms with E-state index in [1.54, 1.807) is 0 Å². The Morgan fingerprint density at radius 1 is 1.20 bits per heavy atom. The fourth-order valence-electron chi connectivity index (χ4n) is 3.19. The van der Waals surface area contributed by atoms with Gasteiger partial charge in [-0.15, -0.1) is 0 Å². The molecule has 30 heavy (non-hydrogen) atoms. The van der Waals surface area contributed by atoms with Gasteiger partial charge in [0.25, 0.3) is 5.91 Å². The van der Waals surface area contributed by atoms with E-state index >= 15 is 0 Å². The van der Waals surface area contributed by atoms with Crippen LogP contribution >= 0.6 is 0 Å². The van der Waals surface area contributed by atoms with E-state index in [0.29, 0.717) is 12.1 Å². The van der Waals surface area contributed by atoms with Crippen LogP contribution in [0.25, 0.3) is 0 Å². The normalized spacial score (nSPS) is 16.2. The van der Waals surface area contributed by atoms with E-state index in [1.165, 1.54) is 19.8 Å². The summed E-state index contributed by atoms with van der Waals surface area (Å²) in [5.74, 6) is -0.561. The smallest absolute Gasteiger partial charge is 0.324 e. The molecule has 9 heteroatoms. The largest absolute Gasteiger partial charge is 0.454 e. The zero-order chi connectivity index (χ0) is 22.1. The number of sulfonamides is 1. The number of unbranched alkanes of at least 4 members (excludes halogenated alkanes) is 1. The minimum Gasteiger partial charge on any atom is -0.454 e. The lowest BCUT2D eigenvalue weighted by Gasteiger charge is -2.32. The van der Waals surface area contributed by atoms with Gasteiger partial charge < -0.3 is 15.0 Å². The number of benzene rings is 1. The molecule has 0 saturated carbocycles. The Morgan fingerprint density at radius 3 is 2.43 bits per heavy atom. The van der Waals surface area contributed by atoms with Crippen LogP contribution in [0.1, 0.15) is 46.5 Å². The van der Waals surface area contributed by atoms with Crippen LogP contribution in [0.15, 0.2) is 24.3 Å². The monoisotopic (exact) mass is 439 g/mol. The number of ether oxygens (including phenoxy) is 1. The fraction of sp³-hybridized carbons (Fsp3) is 0.619. The number of amides is 1. The van der Waals surface area contributed by atoms with Crippen LogP contribution in [0, 0.1) is 5.92 Å². The molecule has 1 amide bonds. The molecule has 0 spiro atoms. The van der Waals surface area contributed by atoms with Gasteiger partial charge in [-0.3, -0.25) is 9.59 Å². The summed E-state index contributed by atoms with van der Waals surface area (Å²) in [5, 5.41) is 2.68. The van der Waals surface area contributed by atoms with Crippen molar-refractivity contribution >= 4 is 33.3 Å². The summed E-state index contributed by atoms with van der Waals surface area (Å²) in [6.45, 7) is 7.13. The first kappa shape index (κ1) is 24.1. The lowest BCUT2D eigenvalue weighted by Crippen LogP contribution is -2.41. The zero-order valence-corrected chi connectivity index (χ0v) is 18.8. The SMILES string of the molecule is CCCCS(=O)(=O)N[C@@H](C)C(=O)OCC(=O)Nc1ccc(N2CCC(C)CC2)cc1. The predicted octanol–water partition coefficient (Wildman–Crippen LogP) is 2.51. The quantitative estimate of drug-likeness (QED) is 0.543. The molecule has 0 aromatic heterocycles. The van der Waals surface area contributed by atoms with Crippen LogP contribution in [0.2, 0.25) is 0 Å². The van der Waals surface area contributed by atoms with Crippen molar-refractivity contribution in [2.24, 2.45) is 5.92 Å². The molecule has 2 N–H and O–H groups in total. The van der Waals surface area contributed by atoms with Crippen molar-refractivity contribution in [1.29, 1.82) is 0 Å². The third-order valence-corrected chi connectivity index (χ3v) is 6.66. The highest BCUT2D eigenvalue weighted by molar-refractivity contribution is 7.89. The molecule has 0 bridgehead atoms. The van der Waals surface area contributed by atoms with Gasteiger partial charge in [-0.05, 0) is 56.4 Å². The molecule has 0 aliphatic carbocycles. The van der Waals surface area contributed by atoms with E-state index in [1.807, 2.05) is 31.2 Å². The van der Waals surface area contributed by atoms with Gasteiger partial charge in [0, 0.05) is 24.5 Å². The lowest BCUT2D eigenvalue weighted by atomic mass is 9.99. The molecule has 1 aliphatic rings. The summed E-state index contributed by atoms with van der Waals surface area (Å²) in [6.07, 6.45) is 3.60. The van der Waals surface area contributed by atoms with Crippen molar-refractivity contribution in [3.8, 4) is 0 Å². The van der Waals surface area contributed by atoms with E-state index < -0.39 is 34.5 Å². The van der Waals surface area contributed by atoms with E-state index in [0.717, 1.165) is 31.1 Å². The number of esters is 1. The molecule has 1 fully saturated rings. The number of hydrogen-bond acceptors (Lipinski definition) is 6. The number of carbonyl (C=O) groups excluding carboxylic acids is 2. The van der Waals surface area contributed by atoms with Gasteiger partial charge in [0.1, 0.15) is 6.04 Å². The minimum atomic E-state index is -3.55. The summed E-state index contributed by atoms with van der Waals surface area (Å²) >= 11 is 0. The average molecular weight is 440 g/mol. The maximum absolute atomic E-state index is 12.1. The Hall–Kier alpha value is -2.13. The van der Waals surface area contributed by atoms with Gasteiger partial charge in [-0.25, -0.2) is 13.1 Å². The number of carbonyl (C=O) groups is 2. The first-order valence-electron chi connectivity index (χ1n) is 10.5. The highest BCUT2D eigenvalue weighted by Gasteiger charge is 2.22. The highest BCUT2D eigenvalue weighted by Crippen LogP contribution is 2.24. The van der Waals surface area contributed by atoms with Crippen molar-refractivity contribution in [2.75, 3.05) is 35.7 Å². The first-order chi connectivity index (χ1) is 14.2. The van der Waals surface area contributed by atoms with Gasteiger partial charge in [0.05, 0.1) is 5.75 Å². The summed E-state index contributed by atoms with van der Waals surface area (Å²) in [6, 6.07) is 6.51. The van der Waals surface area contributed by atoms with Crippen molar-refractivity contribution in [3.63, 3.8) is 0 Å². The molecule has 1 saturated heterocycles. The molecule has 8 nitrogen and oxygen atoms in total. The molecular weight excluding hydrogens is 406 g/mol. The topological polar surface area (TPSA) is 105 Å². The van der Waals surface area contributed by atoms with Gasteiger partial charge in [0.15, 0.2) is 6.61 Å². The summed E-state index contributed by atoms with van der Waals surface area (Å²) in [7, 11) is -3.55. The minimum absolute atomic E-state index is 0.0476. The maximum Gasteiger partial charge on any atom is 0.324 e. The highest BCUT2D eigenvalue weighted by atomic mass is 32.2. The molecule has 1 atom stereocenters. The average Bonchev–Trinajstić information content (AvgIpc) is 2.71. The number of nitrogens with zero attached hydrogens (tertiary/aromatic N) is 1. The second kappa shape index (κ2) is 11.3. The number of rotatable bonds is 10. The number of hydrogen-bond donors (Lipinski definition) is 2. The molecular formula is C21H33N3O5S. The molecule has 1 aliphatic heterocycles. The van der Waals surface area contributed by atoms with Gasteiger partial charge in [-0.1, -0.05) is 20.3 Å². The second-order valence-electron chi connectivity index (χ2n) is 7.88. The van der Waals surface area contributed by atoms with Crippen LogP contribution in [0.5, 0.6) is 0 Å². The van der Waals surface area contributed by atoms with Crippen LogP contribution in [0.4, 0.5) is 11.4 Å². The summed E-state index contributed by atoms with van der Waals surface area (Å²) in [5.41, 5.74) is 1.73. The Morgan fingerprint density at radius 2 is 1.83 bits per heavy atom. The number of nitrogens with one attached hydrogen (secondary N) is 2. The van der Waals surface area contributed by atoms with E-state index in [-0.39, 0.29) is 5.75 Å². The third-order valence-electron chi connectivity index (χ3n) is 5.12. The third kappa shape index (κ3) is 7.95. The van der Waals surface area contributed by atoms with E-state index in [4.69, 9.17) is 4.74 Å². The maximum atomic E-state index is 12.1. The van der Waals surface area contributed by atoms with Crippen LogP contribution in [0.3, 0.4) is 0 Å². The van der Waals surface area contributed by atoms with Gasteiger partial charge >= 0.3 is 5.97 Å². The molecule has 2 rings (SSSR count). The van der Waals surface area contributed by atoms with Gasteiger partial charge in [-0.2, -0.15) is 0 Å². The van der Waals surface area contributed by atoms with Gasteiger partial charge in [0.2, 0.25) is 10.0 Å². The number of anilines is 2. The van der Waals surface area contributed by atoms with E-state index in [9.17, 15) is 18.0 Å². The lowest BCUT2D eigenvalue weighted by molar-refractivity contribution is -0.148. The standard InChI is InChI=1S/C21H33N3O5S/c1-4-5-14-30(27,28)23-17(3)21(26)29-15-20(25)22-18-6-8-19(9-7-18)24-12-10-16(2)11-13-24/h6-9,16-17,23H,4-5,10-15H2,1-3H3,(H,22,25)/t17-/m0/s1. The van der Waals surface area contributed by atoms with Crippen molar-refractivity contribution in [1.82, 2.24) is 4.72 Å². The van der Waals surface area contributed by atoms with Crippen molar-refractivity contribution < 1.29 is 22.7 Å². The predicted molar refractivity (Wildman–Crippen MR) is 118 cm³/mol. The van der Waals surface area contributed by atoms with Crippen LogP contribution < -0.4 is 14.9 Å². The molecule has 1 heterocycles. The molecule has 0 unspecified atom stereocenters.